The number of hydrogen-bond acceptors (Lipinski definition) is 3. The Hall–Kier alpha value is -3.31. The van der Waals surface area contributed by atoms with E-state index >= 15 is 0 Å². The molecule has 0 saturated carbocycles. The summed E-state index contributed by atoms with van der Waals surface area (Å²) in [5.74, 6) is 1.01. The number of guanidine groups is 1. The van der Waals surface area contributed by atoms with E-state index in [4.69, 9.17) is 16.2 Å². The van der Waals surface area contributed by atoms with E-state index in [9.17, 15) is 0 Å². The molecule has 3 rings (SSSR count). The van der Waals surface area contributed by atoms with Gasteiger partial charge in [-0.3, -0.25) is 9.89 Å². The Labute approximate surface area is 179 Å². The summed E-state index contributed by atoms with van der Waals surface area (Å²) in [6.07, 6.45) is 0.806. The van der Waals surface area contributed by atoms with Crippen LogP contribution in [-0.2, 0) is 19.5 Å². The molecule has 156 valence electrons. The maximum atomic E-state index is 6.00. The molecule has 0 fully saturated rings. The molecule has 0 aliphatic rings. The first-order chi connectivity index (χ1) is 14.7. The van der Waals surface area contributed by atoms with Crippen LogP contribution in [0.25, 0.3) is 0 Å². The van der Waals surface area contributed by atoms with E-state index in [-0.39, 0.29) is 5.96 Å². The first-order valence-corrected chi connectivity index (χ1v) is 10.3. The third kappa shape index (κ3) is 7.60. The molecule has 0 aromatic heterocycles. The van der Waals surface area contributed by atoms with Gasteiger partial charge in [-0.15, -0.1) is 0 Å². The van der Waals surface area contributed by atoms with Crippen LogP contribution in [0.1, 0.15) is 16.7 Å². The predicted molar refractivity (Wildman–Crippen MR) is 123 cm³/mol. The molecular weight excluding hydrogens is 372 g/mol. The molecule has 0 saturated heterocycles. The highest BCUT2D eigenvalue weighted by atomic mass is 16.5. The Morgan fingerprint density at radius 1 is 0.733 bits per heavy atom. The Morgan fingerprint density at radius 2 is 1.30 bits per heavy atom. The lowest BCUT2D eigenvalue weighted by atomic mass is 10.1. The fraction of sp³-hybridized carbons (Fsp3) is 0.240. The first-order valence-electron chi connectivity index (χ1n) is 10.3. The molecule has 0 unspecified atom stereocenters. The Balaban J connectivity index is 1.52. The molecule has 5 nitrogen and oxygen atoms in total. The van der Waals surface area contributed by atoms with Crippen LogP contribution in [0.3, 0.4) is 0 Å². The number of rotatable bonds is 11. The van der Waals surface area contributed by atoms with Gasteiger partial charge >= 0.3 is 0 Å². The minimum atomic E-state index is 0.130. The van der Waals surface area contributed by atoms with Gasteiger partial charge in [-0.1, -0.05) is 72.8 Å². The Morgan fingerprint density at radius 3 is 1.83 bits per heavy atom. The third-order valence-corrected chi connectivity index (χ3v) is 4.79. The van der Waals surface area contributed by atoms with Crippen LogP contribution in [0.4, 0.5) is 0 Å². The Kier molecular flexibility index (Phi) is 8.30. The lowest BCUT2D eigenvalue weighted by molar-refractivity contribution is 0.196. The zero-order valence-electron chi connectivity index (χ0n) is 17.3. The quantitative estimate of drug-likeness (QED) is 0.380. The number of ether oxygens (including phenoxy) is 1. The summed E-state index contributed by atoms with van der Waals surface area (Å²) in [4.78, 5) is 6.43. The molecule has 0 bridgehead atoms. The molecule has 3 aromatic carbocycles. The summed E-state index contributed by atoms with van der Waals surface area (Å²) in [7, 11) is 0. The van der Waals surface area contributed by atoms with Gasteiger partial charge in [-0.2, -0.15) is 0 Å². The molecule has 3 aromatic rings. The lowest BCUT2D eigenvalue weighted by Crippen LogP contribution is -2.27. The second-order valence-electron chi connectivity index (χ2n) is 7.23. The van der Waals surface area contributed by atoms with Crippen LogP contribution in [0.15, 0.2) is 89.9 Å². The zero-order chi connectivity index (χ0) is 21.0. The molecule has 0 atom stereocenters. The van der Waals surface area contributed by atoms with Gasteiger partial charge < -0.3 is 16.2 Å². The summed E-state index contributed by atoms with van der Waals surface area (Å²) >= 11 is 0. The van der Waals surface area contributed by atoms with Gasteiger partial charge in [-0.05, 0) is 35.2 Å². The van der Waals surface area contributed by atoms with Crippen molar-refractivity contribution in [1.82, 2.24) is 4.90 Å². The minimum Gasteiger partial charge on any atom is -0.492 e. The number of hydrogen-bond donors (Lipinski definition) is 2. The van der Waals surface area contributed by atoms with Crippen LogP contribution < -0.4 is 16.2 Å². The van der Waals surface area contributed by atoms with Gasteiger partial charge in [0.1, 0.15) is 12.4 Å². The highest BCUT2D eigenvalue weighted by Gasteiger charge is 2.08. The van der Waals surface area contributed by atoms with Crippen molar-refractivity contribution in [2.24, 2.45) is 16.5 Å². The number of aliphatic imine (C=N–C) groups is 1. The van der Waals surface area contributed by atoms with E-state index in [0.717, 1.165) is 31.8 Å². The van der Waals surface area contributed by atoms with Crippen molar-refractivity contribution < 1.29 is 4.74 Å². The maximum Gasteiger partial charge on any atom is 0.185 e. The average Bonchev–Trinajstić information content (AvgIpc) is 2.76. The molecule has 0 spiro atoms. The second kappa shape index (κ2) is 11.6. The molecule has 0 amide bonds. The van der Waals surface area contributed by atoms with Gasteiger partial charge in [0.2, 0.25) is 0 Å². The van der Waals surface area contributed by atoms with Gasteiger partial charge in [0.25, 0.3) is 0 Å². The van der Waals surface area contributed by atoms with E-state index in [1.165, 1.54) is 16.7 Å². The highest BCUT2D eigenvalue weighted by molar-refractivity contribution is 5.75. The summed E-state index contributed by atoms with van der Waals surface area (Å²) in [6.45, 7) is 3.85. The molecule has 30 heavy (non-hydrogen) atoms. The highest BCUT2D eigenvalue weighted by Crippen LogP contribution is 2.14. The monoisotopic (exact) mass is 402 g/mol. The van der Waals surface area contributed by atoms with Crippen LogP contribution >= 0.6 is 0 Å². The van der Waals surface area contributed by atoms with Crippen molar-refractivity contribution in [2.45, 2.75) is 19.5 Å². The third-order valence-electron chi connectivity index (χ3n) is 4.79. The molecular formula is C25H30N4O. The van der Waals surface area contributed by atoms with Crippen molar-refractivity contribution in [3.05, 3.63) is 102 Å². The number of nitrogens with zero attached hydrogens (tertiary/aromatic N) is 2. The Bertz CT molecular complexity index is 850. The van der Waals surface area contributed by atoms with Crippen LogP contribution in [0.5, 0.6) is 5.75 Å². The van der Waals surface area contributed by atoms with Crippen molar-refractivity contribution in [2.75, 3.05) is 19.7 Å². The largest absolute Gasteiger partial charge is 0.492 e. The summed E-state index contributed by atoms with van der Waals surface area (Å²) < 4.78 is 6.00. The van der Waals surface area contributed by atoms with Crippen molar-refractivity contribution in [3.8, 4) is 5.75 Å². The van der Waals surface area contributed by atoms with Crippen molar-refractivity contribution in [1.29, 1.82) is 0 Å². The van der Waals surface area contributed by atoms with E-state index in [0.29, 0.717) is 13.2 Å². The second-order valence-corrected chi connectivity index (χ2v) is 7.23. The lowest BCUT2D eigenvalue weighted by Gasteiger charge is -2.23. The SMILES string of the molecule is NC(N)=NCCc1ccc(OCCN(Cc2ccccc2)Cc2ccccc2)cc1. The van der Waals surface area contributed by atoms with E-state index < -0.39 is 0 Å². The van der Waals surface area contributed by atoms with Gasteiger partial charge in [0, 0.05) is 26.2 Å². The van der Waals surface area contributed by atoms with Gasteiger partial charge in [0.15, 0.2) is 5.96 Å². The van der Waals surface area contributed by atoms with E-state index in [1.807, 2.05) is 12.1 Å². The van der Waals surface area contributed by atoms with E-state index in [2.05, 4.69) is 82.7 Å². The van der Waals surface area contributed by atoms with Gasteiger partial charge in [0.05, 0.1) is 0 Å². The van der Waals surface area contributed by atoms with Crippen molar-refractivity contribution in [3.63, 3.8) is 0 Å². The van der Waals surface area contributed by atoms with Crippen LogP contribution in [-0.4, -0.2) is 30.6 Å². The molecule has 4 N–H and O–H groups in total. The van der Waals surface area contributed by atoms with E-state index in [1.54, 1.807) is 0 Å². The normalized spacial score (nSPS) is 10.7. The van der Waals surface area contributed by atoms with Gasteiger partial charge in [-0.25, -0.2) is 0 Å². The van der Waals surface area contributed by atoms with Crippen LogP contribution in [0.2, 0.25) is 0 Å². The van der Waals surface area contributed by atoms with Crippen LogP contribution in [0, 0.1) is 0 Å². The summed E-state index contributed by atoms with van der Waals surface area (Å²) in [6, 6.07) is 29.2. The average molecular weight is 403 g/mol. The molecule has 0 aliphatic carbocycles. The van der Waals surface area contributed by atoms with Crippen molar-refractivity contribution >= 4 is 5.96 Å². The zero-order valence-corrected chi connectivity index (χ0v) is 17.3. The molecule has 0 heterocycles. The number of benzene rings is 3. The maximum absolute atomic E-state index is 6.00. The summed E-state index contributed by atoms with van der Waals surface area (Å²) in [5, 5.41) is 0. The standard InChI is InChI=1S/C25H30N4O/c26-25(27)28-16-15-21-11-13-24(14-12-21)30-18-17-29(19-22-7-3-1-4-8-22)20-23-9-5-2-6-10-23/h1-14H,15-20H2,(H4,26,27,28). The predicted octanol–water partition coefficient (Wildman–Crippen LogP) is 3.58. The number of nitrogens with two attached hydrogens (primary N) is 2. The molecule has 0 aliphatic heterocycles. The summed E-state index contributed by atoms with van der Waals surface area (Å²) in [5.41, 5.74) is 14.5. The fourth-order valence-corrected chi connectivity index (χ4v) is 3.26. The smallest absolute Gasteiger partial charge is 0.185 e. The first kappa shape index (κ1) is 21.4. The fourth-order valence-electron chi connectivity index (χ4n) is 3.26. The topological polar surface area (TPSA) is 76.9 Å². The minimum absolute atomic E-state index is 0.130. The molecule has 5 heteroatoms. The molecule has 0 radical (unpaired) electrons.